The molecule has 0 saturated carbocycles. The summed E-state index contributed by atoms with van der Waals surface area (Å²) in [4.78, 5) is 23.3. The Balaban J connectivity index is 2.69. The van der Waals surface area contributed by atoms with Gasteiger partial charge in [0.05, 0.1) is 17.7 Å². The molecular weight excluding hydrogens is 280 g/mol. The summed E-state index contributed by atoms with van der Waals surface area (Å²) in [5.74, 6) is -0.733. The first-order valence-electron chi connectivity index (χ1n) is 7.98. The molecule has 0 aromatic heterocycles. The first-order valence-corrected chi connectivity index (χ1v) is 7.98. The minimum atomic E-state index is -1.11. The van der Waals surface area contributed by atoms with Crippen LogP contribution in [0.1, 0.15) is 67.2 Å². The molecule has 1 rings (SSSR count). The van der Waals surface area contributed by atoms with Crippen LogP contribution in [0.2, 0.25) is 0 Å². The van der Waals surface area contributed by atoms with Gasteiger partial charge >= 0.3 is 11.9 Å². The summed E-state index contributed by atoms with van der Waals surface area (Å²) in [5.41, 5.74) is 0.107. The molecule has 0 heterocycles. The van der Waals surface area contributed by atoms with Gasteiger partial charge in [0.25, 0.3) is 0 Å². The molecular formula is C18H26O4. The van der Waals surface area contributed by atoms with Crippen LogP contribution < -0.4 is 0 Å². The predicted molar refractivity (Wildman–Crippen MR) is 86.2 cm³/mol. The standard InChI is InChI=1S/C18H26O4/c1-4-8-14(11-13(3)5-2)12-22-18(21)16-10-7-6-9-15(16)17(19)20/h6-7,9-10,13-14H,4-5,8,11-12H2,1-3H3,(H,19,20). The monoisotopic (exact) mass is 306 g/mol. The smallest absolute Gasteiger partial charge is 0.339 e. The lowest BCUT2D eigenvalue weighted by Crippen LogP contribution is -2.18. The quantitative estimate of drug-likeness (QED) is 0.687. The highest BCUT2D eigenvalue weighted by molar-refractivity contribution is 6.02. The summed E-state index contributed by atoms with van der Waals surface area (Å²) in [6.45, 7) is 6.82. The van der Waals surface area contributed by atoms with Gasteiger partial charge in [-0.3, -0.25) is 0 Å². The van der Waals surface area contributed by atoms with E-state index in [0.717, 1.165) is 25.7 Å². The van der Waals surface area contributed by atoms with Crippen LogP contribution in [0.25, 0.3) is 0 Å². The fourth-order valence-electron chi connectivity index (χ4n) is 2.53. The summed E-state index contributed by atoms with van der Waals surface area (Å²) < 4.78 is 5.38. The Kier molecular flexibility index (Phi) is 7.64. The molecule has 4 heteroatoms. The molecule has 1 aromatic carbocycles. The van der Waals surface area contributed by atoms with Crippen molar-refractivity contribution in [2.75, 3.05) is 6.61 Å². The molecule has 0 aliphatic rings. The van der Waals surface area contributed by atoms with Crippen LogP contribution in [-0.2, 0) is 4.74 Å². The zero-order valence-electron chi connectivity index (χ0n) is 13.7. The first-order chi connectivity index (χ1) is 10.5. The van der Waals surface area contributed by atoms with Crippen molar-refractivity contribution in [2.45, 2.75) is 46.5 Å². The van der Waals surface area contributed by atoms with E-state index in [1.807, 2.05) is 0 Å². The van der Waals surface area contributed by atoms with Gasteiger partial charge in [-0.1, -0.05) is 45.7 Å². The number of benzene rings is 1. The molecule has 2 unspecified atom stereocenters. The lowest BCUT2D eigenvalue weighted by Gasteiger charge is -2.19. The van der Waals surface area contributed by atoms with Crippen molar-refractivity contribution in [1.29, 1.82) is 0 Å². The van der Waals surface area contributed by atoms with Crippen molar-refractivity contribution in [3.05, 3.63) is 35.4 Å². The lowest BCUT2D eigenvalue weighted by atomic mass is 9.91. The first kappa shape index (κ1) is 18.2. The fraction of sp³-hybridized carbons (Fsp3) is 0.556. The molecule has 0 saturated heterocycles. The van der Waals surface area contributed by atoms with Crippen LogP contribution in [0.15, 0.2) is 24.3 Å². The second-order valence-electron chi connectivity index (χ2n) is 5.85. The van der Waals surface area contributed by atoms with E-state index in [9.17, 15) is 9.59 Å². The second kappa shape index (κ2) is 9.23. The molecule has 1 aromatic rings. The maximum absolute atomic E-state index is 12.1. The number of carboxylic acids is 1. The number of aromatic carboxylic acids is 1. The largest absolute Gasteiger partial charge is 0.478 e. The van der Waals surface area contributed by atoms with Crippen LogP contribution in [0.3, 0.4) is 0 Å². The number of esters is 1. The van der Waals surface area contributed by atoms with Crippen molar-refractivity contribution >= 4 is 11.9 Å². The maximum atomic E-state index is 12.1. The van der Waals surface area contributed by atoms with E-state index in [1.54, 1.807) is 12.1 Å². The normalized spacial score (nSPS) is 13.4. The second-order valence-corrected chi connectivity index (χ2v) is 5.85. The molecule has 0 amide bonds. The van der Waals surface area contributed by atoms with Crippen molar-refractivity contribution < 1.29 is 19.4 Å². The van der Waals surface area contributed by atoms with E-state index >= 15 is 0 Å². The van der Waals surface area contributed by atoms with Gasteiger partial charge in [-0.15, -0.1) is 0 Å². The van der Waals surface area contributed by atoms with E-state index in [2.05, 4.69) is 20.8 Å². The third kappa shape index (κ3) is 5.51. The molecule has 0 aliphatic heterocycles. The van der Waals surface area contributed by atoms with Crippen LogP contribution in [-0.4, -0.2) is 23.7 Å². The van der Waals surface area contributed by atoms with Gasteiger partial charge in [0.15, 0.2) is 0 Å². The Morgan fingerprint density at radius 3 is 2.36 bits per heavy atom. The minimum absolute atomic E-state index is 0.0125. The number of carbonyl (C=O) groups is 2. The average Bonchev–Trinajstić information content (AvgIpc) is 2.52. The summed E-state index contributed by atoms with van der Waals surface area (Å²) >= 11 is 0. The highest BCUT2D eigenvalue weighted by Crippen LogP contribution is 2.21. The molecule has 22 heavy (non-hydrogen) atoms. The van der Waals surface area contributed by atoms with Crippen molar-refractivity contribution in [3.8, 4) is 0 Å². The fourth-order valence-corrected chi connectivity index (χ4v) is 2.53. The Hall–Kier alpha value is -1.84. The Labute approximate surface area is 132 Å². The number of hydrogen-bond acceptors (Lipinski definition) is 3. The van der Waals surface area contributed by atoms with Gasteiger partial charge < -0.3 is 9.84 Å². The zero-order chi connectivity index (χ0) is 16.5. The third-order valence-corrected chi connectivity index (χ3v) is 3.96. The lowest BCUT2D eigenvalue weighted by molar-refractivity contribution is 0.0406. The number of rotatable bonds is 9. The van der Waals surface area contributed by atoms with Gasteiger partial charge in [-0.25, -0.2) is 9.59 Å². The molecule has 0 aliphatic carbocycles. The van der Waals surface area contributed by atoms with Gasteiger partial charge in [-0.2, -0.15) is 0 Å². The topological polar surface area (TPSA) is 63.6 Å². The minimum Gasteiger partial charge on any atom is -0.478 e. The van der Waals surface area contributed by atoms with Crippen LogP contribution >= 0.6 is 0 Å². The molecule has 0 radical (unpaired) electrons. The number of hydrogen-bond donors (Lipinski definition) is 1. The van der Waals surface area contributed by atoms with Crippen LogP contribution in [0.4, 0.5) is 0 Å². The Morgan fingerprint density at radius 2 is 1.82 bits per heavy atom. The summed E-state index contributed by atoms with van der Waals surface area (Å²) in [7, 11) is 0. The van der Waals surface area contributed by atoms with E-state index in [-0.39, 0.29) is 11.1 Å². The molecule has 1 N–H and O–H groups in total. The number of ether oxygens (including phenoxy) is 1. The molecule has 0 fully saturated rings. The third-order valence-electron chi connectivity index (χ3n) is 3.96. The van der Waals surface area contributed by atoms with Crippen LogP contribution in [0, 0.1) is 11.8 Å². The van der Waals surface area contributed by atoms with Crippen molar-refractivity contribution in [2.24, 2.45) is 11.8 Å². The van der Waals surface area contributed by atoms with Gasteiger partial charge in [0.2, 0.25) is 0 Å². The van der Waals surface area contributed by atoms with Crippen molar-refractivity contribution in [1.82, 2.24) is 0 Å². The molecule has 4 nitrogen and oxygen atoms in total. The summed E-state index contributed by atoms with van der Waals surface area (Å²) in [6, 6.07) is 6.16. The predicted octanol–water partition coefficient (Wildman–Crippen LogP) is 4.39. The number of carboxylic acid groups (broad SMARTS) is 1. The van der Waals surface area contributed by atoms with Crippen LogP contribution in [0.5, 0.6) is 0 Å². The van der Waals surface area contributed by atoms with E-state index in [0.29, 0.717) is 18.4 Å². The summed E-state index contributed by atoms with van der Waals surface area (Å²) in [5, 5.41) is 9.12. The Morgan fingerprint density at radius 1 is 1.18 bits per heavy atom. The van der Waals surface area contributed by atoms with Gasteiger partial charge in [0, 0.05) is 0 Å². The average molecular weight is 306 g/mol. The molecule has 2 atom stereocenters. The molecule has 0 bridgehead atoms. The number of carbonyl (C=O) groups excluding carboxylic acids is 1. The molecule has 0 spiro atoms. The van der Waals surface area contributed by atoms with E-state index in [1.165, 1.54) is 12.1 Å². The highest BCUT2D eigenvalue weighted by Gasteiger charge is 2.19. The van der Waals surface area contributed by atoms with E-state index in [4.69, 9.17) is 9.84 Å². The Bertz CT molecular complexity index is 496. The summed E-state index contributed by atoms with van der Waals surface area (Å²) in [6.07, 6.45) is 4.19. The highest BCUT2D eigenvalue weighted by atomic mass is 16.5. The maximum Gasteiger partial charge on any atom is 0.339 e. The van der Waals surface area contributed by atoms with Gasteiger partial charge in [0.1, 0.15) is 0 Å². The van der Waals surface area contributed by atoms with E-state index < -0.39 is 11.9 Å². The zero-order valence-corrected chi connectivity index (χ0v) is 13.7. The van der Waals surface area contributed by atoms with Crippen molar-refractivity contribution in [3.63, 3.8) is 0 Å². The molecule has 122 valence electrons. The SMILES string of the molecule is CCCC(COC(=O)c1ccccc1C(=O)O)CC(C)CC. The van der Waals surface area contributed by atoms with Gasteiger partial charge in [-0.05, 0) is 36.8 Å².